The highest BCUT2D eigenvalue weighted by Crippen LogP contribution is 2.45. The molecule has 0 saturated heterocycles. The number of benzene rings is 8. The van der Waals surface area contributed by atoms with Crippen LogP contribution in [0.2, 0.25) is 10.0 Å². The molecule has 0 saturated carbocycles. The molecule has 0 fully saturated rings. The molecule has 0 aliphatic heterocycles. The topological polar surface area (TPSA) is 58.9 Å². The average Bonchev–Trinajstić information content (AvgIpc) is 3.17. The molecule has 0 spiro atoms. The average molecular weight is 830 g/mol. The van der Waals surface area contributed by atoms with Crippen LogP contribution in [0, 0.1) is 11.6 Å². The molecule has 0 aliphatic carbocycles. The molecular formula is C44H38BBrCl2F2O4. The van der Waals surface area contributed by atoms with Crippen LogP contribution in [0.25, 0.3) is 54.2 Å². The minimum atomic E-state index is -1.81. The Morgan fingerprint density at radius 2 is 0.889 bits per heavy atom. The number of halogens is 5. The number of hydrogen-bond acceptors (Lipinski definition) is 4. The second kappa shape index (κ2) is 18.6. The van der Waals surface area contributed by atoms with Gasteiger partial charge in [0.1, 0.15) is 23.1 Å². The first-order chi connectivity index (χ1) is 25.2. The molecule has 8 rings (SSSR count). The molecule has 0 radical (unpaired) electrons. The van der Waals surface area contributed by atoms with Gasteiger partial charge < -0.3 is 19.5 Å². The maximum absolute atomic E-state index is 14.7. The van der Waals surface area contributed by atoms with E-state index in [2.05, 4.69) is 58.4 Å². The third kappa shape index (κ3) is 8.19. The van der Waals surface area contributed by atoms with Crippen LogP contribution in [-0.2, 0) is 0 Å². The highest BCUT2D eigenvalue weighted by Gasteiger charge is 2.20. The minimum Gasteiger partial charge on any atom is -0.495 e. The van der Waals surface area contributed by atoms with Crippen molar-refractivity contribution in [2.75, 3.05) is 14.2 Å². The van der Waals surface area contributed by atoms with Crippen LogP contribution in [0.5, 0.6) is 11.5 Å². The van der Waals surface area contributed by atoms with Crippen LogP contribution in [0.4, 0.5) is 8.78 Å². The maximum atomic E-state index is 14.7. The lowest BCUT2D eigenvalue weighted by molar-refractivity contribution is 0.418. The summed E-state index contributed by atoms with van der Waals surface area (Å²) in [6.07, 6.45) is 0. The molecule has 0 bridgehead atoms. The number of hydrogen-bond donors (Lipinski definition) is 2. The molecule has 0 atom stereocenters. The van der Waals surface area contributed by atoms with E-state index in [9.17, 15) is 8.78 Å². The molecule has 276 valence electrons. The van der Waals surface area contributed by atoms with Gasteiger partial charge in [0.2, 0.25) is 0 Å². The number of methoxy groups -OCH3 is 2. The van der Waals surface area contributed by atoms with Crippen molar-refractivity contribution in [3.05, 3.63) is 160 Å². The zero-order valence-corrected chi connectivity index (χ0v) is 31.0. The van der Waals surface area contributed by atoms with Crippen molar-refractivity contribution in [1.29, 1.82) is 0 Å². The van der Waals surface area contributed by atoms with Gasteiger partial charge in [-0.25, -0.2) is 8.78 Å². The SMILES string of the molecule is C.C.COc1c(-c2cccc(Cl)c2F)c2ccccc2c2ccccc12.COc1c(Br)c2ccccc2c2ccccc12.OB(O)c1cccc(Cl)c1F. The van der Waals surface area contributed by atoms with Gasteiger partial charge in [0.25, 0.3) is 0 Å². The van der Waals surface area contributed by atoms with Crippen LogP contribution in [0.3, 0.4) is 0 Å². The zero-order valence-electron chi connectivity index (χ0n) is 27.9. The van der Waals surface area contributed by atoms with Crippen LogP contribution in [0.15, 0.2) is 138 Å². The van der Waals surface area contributed by atoms with E-state index in [4.69, 9.17) is 42.7 Å². The second-order valence-corrected chi connectivity index (χ2v) is 13.2. The molecular weight excluding hydrogens is 792 g/mol. The smallest absolute Gasteiger partial charge is 0.491 e. The largest absolute Gasteiger partial charge is 0.495 e. The monoisotopic (exact) mass is 828 g/mol. The van der Waals surface area contributed by atoms with E-state index in [0.29, 0.717) is 11.3 Å². The maximum Gasteiger partial charge on any atom is 0.491 e. The standard InChI is InChI=1S/C21H14ClFO.C15H11BrO.C6H5BClFO2.2CH4/c1-24-21-16-10-5-3-8-14(16)13-7-2-4-9-15(13)19(21)17-11-6-12-18(22)20(17)23;1-17-15-13-9-5-3-7-11(13)10-6-2-4-8-12(10)14(15)16;8-5-3-1-2-4(6(5)9)7(10)11;;/h2-12H,1H3;2-9H,1H3;1-3,10-11H;2*1H4. The summed E-state index contributed by atoms with van der Waals surface area (Å²) in [5, 5.41) is 26.0. The molecule has 0 heterocycles. The Morgan fingerprint density at radius 3 is 1.37 bits per heavy atom. The van der Waals surface area contributed by atoms with Gasteiger partial charge >= 0.3 is 7.12 Å². The molecule has 0 amide bonds. The first-order valence-electron chi connectivity index (χ1n) is 16.0. The number of ether oxygens (including phenoxy) is 2. The van der Waals surface area contributed by atoms with Crippen molar-refractivity contribution in [1.82, 2.24) is 0 Å². The fourth-order valence-electron chi connectivity index (χ4n) is 6.27. The lowest BCUT2D eigenvalue weighted by atomic mass is 9.80. The summed E-state index contributed by atoms with van der Waals surface area (Å²) in [6, 6.07) is 41.7. The van der Waals surface area contributed by atoms with Crippen molar-refractivity contribution in [3.63, 3.8) is 0 Å². The molecule has 0 aliphatic rings. The van der Waals surface area contributed by atoms with Crippen molar-refractivity contribution >= 4 is 94.8 Å². The van der Waals surface area contributed by atoms with E-state index in [1.165, 1.54) is 34.4 Å². The third-order valence-corrected chi connectivity index (χ3v) is 9.97. The van der Waals surface area contributed by atoms with E-state index in [1.807, 2.05) is 54.6 Å². The van der Waals surface area contributed by atoms with Crippen molar-refractivity contribution in [3.8, 4) is 22.6 Å². The van der Waals surface area contributed by atoms with E-state index < -0.39 is 18.8 Å². The van der Waals surface area contributed by atoms with Crippen molar-refractivity contribution in [2.24, 2.45) is 0 Å². The van der Waals surface area contributed by atoms with Gasteiger partial charge in [-0.1, -0.05) is 159 Å². The Hall–Kier alpha value is -4.70. The Morgan fingerprint density at radius 1 is 0.500 bits per heavy atom. The lowest BCUT2D eigenvalue weighted by Crippen LogP contribution is -2.32. The highest BCUT2D eigenvalue weighted by molar-refractivity contribution is 9.10. The Kier molecular flexibility index (Phi) is 14.5. The van der Waals surface area contributed by atoms with Crippen LogP contribution in [0.1, 0.15) is 14.9 Å². The number of rotatable bonds is 4. The minimum absolute atomic E-state index is 0. The Bertz CT molecular complexity index is 2570. The summed E-state index contributed by atoms with van der Waals surface area (Å²) in [6.45, 7) is 0. The summed E-state index contributed by atoms with van der Waals surface area (Å²) in [4.78, 5) is 0. The van der Waals surface area contributed by atoms with Gasteiger partial charge in [-0.2, -0.15) is 0 Å². The quantitative estimate of drug-likeness (QED) is 0.137. The van der Waals surface area contributed by atoms with Gasteiger partial charge in [0.15, 0.2) is 0 Å². The first-order valence-corrected chi connectivity index (χ1v) is 17.6. The summed E-state index contributed by atoms with van der Waals surface area (Å²) in [5.74, 6) is 0.340. The molecule has 2 N–H and O–H groups in total. The van der Waals surface area contributed by atoms with Crippen molar-refractivity contribution in [2.45, 2.75) is 14.9 Å². The second-order valence-electron chi connectivity index (χ2n) is 11.6. The van der Waals surface area contributed by atoms with E-state index in [1.54, 1.807) is 32.4 Å². The molecule has 8 aromatic carbocycles. The van der Waals surface area contributed by atoms with E-state index in [-0.39, 0.29) is 30.4 Å². The molecule has 0 aromatic heterocycles. The van der Waals surface area contributed by atoms with Crippen LogP contribution < -0.4 is 14.9 Å². The van der Waals surface area contributed by atoms with Crippen molar-refractivity contribution < 1.29 is 28.3 Å². The van der Waals surface area contributed by atoms with Gasteiger partial charge in [0, 0.05) is 32.7 Å². The normalized spacial score (nSPS) is 10.4. The summed E-state index contributed by atoms with van der Waals surface area (Å²) in [7, 11) is 1.51. The predicted molar refractivity (Wildman–Crippen MR) is 229 cm³/mol. The Balaban J connectivity index is 0.000000190. The first kappa shape index (κ1) is 42.1. The third-order valence-electron chi connectivity index (χ3n) is 8.60. The van der Waals surface area contributed by atoms with Crippen LogP contribution in [-0.4, -0.2) is 31.4 Å². The zero-order chi connectivity index (χ0) is 36.9. The van der Waals surface area contributed by atoms with Gasteiger partial charge in [0.05, 0.1) is 28.7 Å². The van der Waals surface area contributed by atoms with Crippen LogP contribution >= 0.6 is 39.1 Å². The fourth-order valence-corrected chi connectivity index (χ4v) is 7.35. The molecule has 10 heteroatoms. The molecule has 0 unspecified atom stereocenters. The summed E-state index contributed by atoms with van der Waals surface area (Å²) < 4.78 is 39.8. The highest BCUT2D eigenvalue weighted by atomic mass is 79.9. The molecule has 4 nitrogen and oxygen atoms in total. The molecule has 54 heavy (non-hydrogen) atoms. The molecule has 8 aromatic rings. The number of fused-ring (bicyclic) bond motifs is 6. The summed E-state index contributed by atoms with van der Waals surface area (Å²) >= 11 is 15.0. The fraction of sp³-hybridized carbons (Fsp3) is 0.0909. The Labute approximate surface area is 332 Å². The van der Waals surface area contributed by atoms with E-state index >= 15 is 0 Å². The van der Waals surface area contributed by atoms with Gasteiger partial charge in [-0.15, -0.1) is 0 Å². The summed E-state index contributed by atoms with van der Waals surface area (Å²) in [5.41, 5.74) is 0.964. The van der Waals surface area contributed by atoms with E-state index in [0.717, 1.165) is 42.7 Å². The van der Waals surface area contributed by atoms with Gasteiger partial charge in [-0.05, 0) is 55.0 Å². The lowest BCUT2D eigenvalue weighted by Gasteiger charge is -2.17. The van der Waals surface area contributed by atoms with Gasteiger partial charge in [-0.3, -0.25) is 0 Å². The predicted octanol–water partition coefficient (Wildman–Crippen LogP) is 12.7.